The molecular formula is C17H17NO. The fourth-order valence-corrected chi connectivity index (χ4v) is 2.26. The highest BCUT2D eigenvalue weighted by Gasteiger charge is 2.37. The SMILES string of the molecule is Cc1ccc(C(O)(c2ccccc2)C(C)C#N)cc1. The van der Waals surface area contributed by atoms with Crippen molar-refractivity contribution in [1.29, 1.82) is 5.26 Å². The van der Waals surface area contributed by atoms with E-state index in [1.54, 1.807) is 6.92 Å². The van der Waals surface area contributed by atoms with Gasteiger partial charge < -0.3 is 5.11 Å². The molecule has 96 valence electrons. The predicted molar refractivity (Wildman–Crippen MR) is 75.4 cm³/mol. The van der Waals surface area contributed by atoms with Gasteiger partial charge in [-0.1, -0.05) is 60.2 Å². The van der Waals surface area contributed by atoms with E-state index in [0.29, 0.717) is 0 Å². The van der Waals surface area contributed by atoms with E-state index in [-0.39, 0.29) is 0 Å². The van der Waals surface area contributed by atoms with Crippen molar-refractivity contribution in [2.24, 2.45) is 5.92 Å². The van der Waals surface area contributed by atoms with Crippen LogP contribution < -0.4 is 0 Å². The highest BCUT2D eigenvalue weighted by Crippen LogP contribution is 2.36. The van der Waals surface area contributed by atoms with Crippen LogP contribution in [0.25, 0.3) is 0 Å². The molecule has 2 unspecified atom stereocenters. The van der Waals surface area contributed by atoms with Crippen LogP contribution in [0.5, 0.6) is 0 Å². The molecule has 0 radical (unpaired) electrons. The largest absolute Gasteiger partial charge is 0.379 e. The molecule has 2 nitrogen and oxygen atoms in total. The van der Waals surface area contributed by atoms with E-state index in [4.69, 9.17) is 0 Å². The summed E-state index contributed by atoms with van der Waals surface area (Å²) in [5.41, 5.74) is 1.35. The van der Waals surface area contributed by atoms with Crippen molar-refractivity contribution in [3.05, 3.63) is 71.3 Å². The standard InChI is InChI=1S/C17H17NO/c1-13-8-10-16(11-9-13)17(19,14(2)12-18)15-6-4-3-5-7-15/h3-11,14,19H,1-2H3. The molecule has 0 heterocycles. The molecule has 2 rings (SSSR count). The van der Waals surface area contributed by atoms with Gasteiger partial charge in [0.25, 0.3) is 0 Å². The minimum Gasteiger partial charge on any atom is -0.379 e. The molecule has 0 bridgehead atoms. The van der Waals surface area contributed by atoms with Crippen LogP contribution in [-0.2, 0) is 5.60 Å². The van der Waals surface area contributed by atoms with Gasteiger partial charge in [-0.25, -0.2) is 0 Å². The Bertz CT molecular complexity index is 583. The number of benzene rings is 2. The van der Waals surface area contributed by atoms with Crippen LogP contribution in [0.3, 0.4) is 0 Å². The van der Waals surface area contributed by atoms with Gasteiger partial charge in [-0.05, 0) is 25.0 Å². The predicted octanol–water partition coefficient (Wildman–Crippen LogP) is 3.39. The number of rotatable bonds is 3. The summed E-state index contributed by atoms with van der Waals surface area (Å²) in [5.74, 6) is -0.530. The maximum absolute atomic E-state index is 11.1. The Morgan fingerprint density at radius 1 is 1.00 bits per heavy atom. The van der Waals surface area contributed by atoms with Crippen molar-refractivity contribution < 1.29 is 5.11 Å². The first kappa shape index (κ1) is 13.3. The Morgan fingerprint density at radius 3 is 2.05 bits per heavy atom. The summed E-state index contributed by atoms with van der Waals surface area (Å²) in [4.78, 5) is 0. The summed E-state index contributed by atoms with van der Waals surface area (Å²) in [6, 6.07) is 19.2. The van der Waals surface area contributed by atoms with Crippen LogP contribution >= 0.6 is 0 Å². The van der Waals surface area contributed by atoms with Crippen LogP contribution in [0.4, 0.5) is 0 Å². The molecule has 2 aromatic rings. The van der Waals surface area contributed by atoms with Crippen molar-refractivity contribution in [2.75, 3.05) is 0 Å². The summed E-state index contributed by atoms with van der Waals surface area (Å²) in [7, 11) is 0. The topological polar surface area (TPSA) is 44.0 Å². The molecule has 0 fully saturated rings. The summed E-state index contributed by atoms with van der Waals surface area (Å²) in [6.07, 6.45) is 0. The number of hydrogen-bond donors (Lipinski definition) is 1. The highest BCUT2D eigenvalue weighted by atomic mass is 16.3. The zero-order valence-corrected chi connectivity index (χ0v) is 11.2. The number of nitrogens with zero attached hydrogens (tertiary/aromatic N) is 1. The Kier molecular flexibility index (Phi) is 3.69. The van der Waals surface area contributed by atoms with Gasteiger partial charge >= 0.3 is 0 Å². The molecule has 0 amide bonds. The average Bonchev–Trinajstić information content (AvgIpc) is 2.47. The molecule has 0 aromatic heterocycles. The van der Waals surface area contributed by atoms with Gasteiger partial charge in [0.1, 0.15) is 5.60 Å². The molecule has 2 heteroatoms. The Balaban J connectivity index is 2.59. The Labute approximate surface area is 114 Å². The molecular weight excluding hydrogens is 234 g/mol. The van der Waals surface area contributed by atoms with Crippen molar-refractivity contribution in [3.63, 3.8) is 0 Å². The highest BCUT2D eigenvalue weighted by molar-refractivity contribution is 5.39. The molecule has 0 aliphatic carbocycles. The van der Waals surface area contributed by atoms with Gasteiger partial charge in [0, 0.05) is 0 Å². The minimum absolute atomic E-state index is 0.530. The lowest BCUT2D eigenvalue weighted by Crippen LogP contribution is -2.34. The fraction of sp³-hybridized carbons (Fsp3) is 0.235. The molecule has 0 saturated heterocycles. The fourth-order valence-electron chi connectivity index (χ4n) is 2.26. The van der Waals surface area contributed by atoms with E-state index in [2.05, 4.69) is 6.07 Å². The van der Waals surface area contributed by atoms with Gasteiger partial charge in [0.05, 0.1) is 12.0 Å². The van der Waals surface area contributed by atoms with Gasteiger partial charge in [-0.3, -0.25) is 0 Å². The van der Waals surface area contributed by atoms with Crippen LogP contribution in [0, 0.1) is 24.2 Å². The van der Waals surface area contributed by atoms with E-state index < -0.39 is 11.5 Å². The quantitative estimate of drug-likeness (QED) is 0.908. The number of hydrogen-bond acceptors (Lipinski definition) is 2. The summed E-state index contributed by atoms with van der Waals surface area (Å²) in [6.45, 7) is 3.74. The van der Waals surface area contributed by atoms with E-state index in [1.165, 1.54) is 0 Å². The van der Waals surface area contributed by atoms with E-state index >= 15 is 0 Å². The lowest BCUT2D eigenvalue weighted by molar-refractivity contribution is 0.0463. The minimum atomic E-state index is -1.27. The molecule has 19 heavy (non-hydrogen) atoms. The molecule has 0 aliphatic heterocycles. The van der Waals surface area contributed by atoms with E-state index in [1.807, 2.05) is 61.5 Å². The number of aryl methyl sites for hydroxylation is 1. The van der Waals surface area contributed by atoms with Crippen molar-refractivity contribution in [2.45, 2.75) is 19.4 Å². The lowest BCUT2D eigenvalue weighted by atomic mass is 9.77. The first-order valence-electron chi connectivity index (χ1n) is 6.33. The average molecular weight is 251 g/mol. The molecule has 0 spiro atoms. The third-order valence-electron chi connectivity index (χ3n) is 3.53. The summed E-state index contributed by atoms with van der Waals surface area (Å²) < 4.78 is 0. The second-order valence-electron chi connectivity index (χ2n) is 4.85. The maximum Gasteiger partial charge on any atom is 0.130 e. The zero-order valence-electron chi connectivity index (χ0n) is 11.2. The first-order chi connectivity index (χ1) is 9.09. The second kappa shape index (κ2) is 5.26. The molecule has 2 atom stereocenters. The summed E-state index contributed by atoms with van der Waals surface area (Å²) in [5, 5.41) is 20.3. The molecule has 1 N–H and O–H groups in total. The van der Waals surface area contributed by atoms with Crippen LogP contribution in [0.15, 0.2) is 54.6 Å². The number of aliphatic hydroxyl groups is 1. The molecule has 0 aliphatic rings. The third kappa shape index (κ3) is 2.38. The monoisotopic (exact) mass is 251 g/mol. The van der Waals surface area contributed by atoms with Crippen LogP contribution in [0.2, 0.25) is 0 Å². The van der Waals surface area contributed by atoms with Gasteiger partial charge in [0.2, 0.25) is 0 Å². The summed E-state index contributed by atoms with van der Waals surface area (Å²) >= 11 is 0. The Morgan fingerprint density at radius 2 is 1.53 bits per heavy atom. The molecule has 0 saturated carbocycles. The van der Waals surface area contributed by atoms with Gasteiger partial charge in [-0.15, -0.1) is 0 Å². The maximum atomic E-state index is 11.1. The molecule has 2 aromatic carbocycles. The smallest absolute Gasteiger partial charge is 0.130 e. The zero-order chi connectivity index (χ0) is 13.9. The van der Waals surface area contributed by atoms with E-state index in [0.717, 1.165) is 16.7 Å². The lowest BCUT2D eigenvalue weighted by Gasteiger charge is -2.31. The van der Waals surface area contributed by atoms with E-state index in [9.17, 15) is 10.4 Å². The van der Waals surface area contributed by atoms with Crippen LogP contribution in [-0.4, -0.2) is 5.11 Å². The first-order valence-corrected chi connectivity index (χ1v) is 6.33. The van der Waals surface area contributed by atoms with Gasteiger partial charge in [-0.2, -0.15) is 5.26 Å². The Hall–Kier alpha value is -2.11. The normalized spacial score (nSPS) is 15.3. The van der Waals surface area contributed by atoms with Crippen molar-refractivity contribution in [3.8, 4) is 6.07 Å². The number of nitriles is 1. The third-order valence-corrected chi connectivity index (χ3v) is 3.53. The second-order valence-corrected chi connectivity index (χ2v) is 4.85. The van der Waals surface area contributed by atoms with Crippen molar-refractivity contribution in [1.82, 2.24) is 0 Å². The van der Waals surface area contributed by atoms with Gasteiger partial charge in [0.15, 0.2) is 0 Å². The van der Waals surface area contributed by atoms with Crippen molar-refractivity contribution >= 4 is 0 Å². The van der Waals surface area contributed by atoms with Crippen LogP contribution in [0.1, 0.15) is 23.6 Å².